The van der Waals surface area contributed by atoms with Gasteiger partial charge in [-0.3, -0.25) is 14.6 Å². The number of carbonyl (C=O) groups excluding carboxylic acids is 1. The molecule has 1 aliphatic carbocycles. The lowest BCUT2D eigenvalue weighted by atomic mass is 9.74. The van der Waals surface area contributed by atoms with Crippen molar-refractivity contribution in [2.45, 2.75) is 57.1 Å². The van der Waals surface area contributed by atoms with Crippen molar-refractivity contribution in [3.63, 3.8) is 0 Å². The van der Waals surface area contributed by atoms with Crippen LogP contribution in [0.25, 0.3) is 0 Å². The number of aromatic nitrogens is 1. The lowest BCUT2D eigenvalue weighted by Gasteiger charge is -2.37. The fourth-order valence-corrected chi connectivity index (χ4v) is 4.79. The highest BCUT2D eigenvalue weighted by atomic mass is 16.5. The number of aliphatic hydroxyl groups is 1. The molecule has 2 aliphatic rings. The van der Waals surface area contributed by atoms with Gasteiger partial charge in [0.15, 0.2) is 11.5 Å². The molecule has 40 heavy (non-hydrogen) atoms. The maximum atomic E-state index is 10.3. The molecule has 0 amide bonds. The summed E-state index contributed by atoms with van der Waals surface area (Å²) in [6.07, 6.45) is 2.82. The lowest BCUT2D eigenvalue weighted by Crippen LogP contribution is -2.34. The molecule has 1 aromatic heterocycles. The zero-order valence-corrected chi connectivity index (χ0v) is 22.9. The first-order valence-corrected chi connectivity index (χ1v) is 12.8. The molecule has 12 heteroatoms. The van der Waals surface area contributed by atoms with Crippen molar-refractivity contribution in [2.24, 2.45) is 4.99 Å². The Morgan fingerprint density at radius 2 is 1.65 bits per heavy atom. The Kier molecular flexibility index (Phi) is 10.4. The zero-order chi connectivity index (χ0) is 29.4. The number of ketones is 1. The Morgan fingerprint density at radius 1 is 0.925 bits per heavy atom. The fraction of sp³-hybridized carbons (Fsp3) is 0.464. The number of methoxy groups -OCH3 is 3. The van der Waals surface area contributed by atoms with Gasteiger partial charge in [-0.25, -0.2) is 9.78 Å². The molecular weight excluding hydrogens is 524 g/mol. The lowest BCUT2D eigenvalue weighted by molar-refractivity contribution is -0.149. The van der Waals surface area contributed by atoms with E-state index >= 15 is 0 Å². The molecule has 2 heterocycles. The van der Waals surface area contributed by atoms with E-state index in [1.54, 1.807) is 33.6 Å². The molecule has 0 saturated heterocycles. The molecule has 3 N–H and O–H groups in total. The molecule has 0 spiro atoms. The van der Waals surface area contributed by atoms with Gasteiger partial charge in [-0.1, -0.05) is 0 Å². The predicted octanol–water partition coefficient (Wildman–Crippen LogP) is 2.86. The average Bonchev–Trinajstić information content (AvgIpc) is 2.95. The molecule has 12 nitrogen and oxygen atoms in total. The third-order valence-electron chi connectivity index (χ3n) is 6.70. The summed E-state index contributed by atoms with van der Waals surface area (Å²) < 4.78 is 22.3. The Bertz CT molecular complexity index is 1280. The number of aliphatic imine (C=N–C) groups is 1. The quantitative estimate of drug-likeness (QED) is 0.366. The van der Waals surface area contributed by atoms with Gasteiger partial charge in [-0.05, 0) is 43.9 Å². The smallest absolute Gasteiger partial charge is 0.372 e. The Balaban J connectivity index is 0.000000378. The molecule has 4 rings (SSSR count). The maximum absolute atomic E-state index is 10.3. The topological polar surface area (TPSA) is 174 Å². The van der Waals surface area contributed by atoms with Crippen LogP contribution in [-0.4, -0.2) is 83.8 Å². The van der Waals surface area contributed by atoms with Gasteiger partial charge in [-0.15, -0.1) is 0 Å². The van der Waals surface area contributed by atoms with Crippen molar-refractivity contribution < 1.29 is 48.7 Å². The van der Waals surface area contributed by atoms with Crippen molar-refractivity contribution >= 4 is 23.4 Å². The van der Waals surface area contributed by atoms with Crippen LogP contribution in [0, 0.1) is 0 Å². The monoisotopic (exact) mass is 558 g/mol. The summed E-state index contributed by atoms with van der Waals surface area (Å²) >= 11 is 0. The number of pyridine rings is 1. The van der Waals surface area contributed by atoms with Gasteiger partial charge in [0.05, 0.1) is 57.8 Å². The highest BCUT2D eigenvalue weighted by molar-refractivity contribution is 6.32. The van der Waals surface area contributed by atoms with Crippen LogP contribution in [-0.2, 0) is 14.4 Å². The van der Waals surface area contributed by atoms with Crippen molar-refractivity contribution in [1.29, 1.82) is 0 Å². The summed E-state index contributed by atoms with van der Waals surface area (Å²) in [5.74, 6) is -1.20. The van der Waals surface area contributed by atoms with E-state index in [2.05, 4.69) is 4.98 Å². The van der Waals surface area contributed by atoms with Crippen LogP contribution in [0.15, 0.2) is 29.4 Å². The van der Waals surface area contributed by atoms with Gasteiger partial charge in [0, 0.05) is 30.2 Å². The van der Waals surface area contributed by atoms with E-state index in [-0.39, 0.29) is 18.1 Å². The number of nitrogens with zero attached hydrogens (tertiary/aromatic N) is 2. The number of carboxylic acids is 2. The van der Waals surface area contributed by atoms with Gasteiger partial charge in [0.25, 0.3) is 0 Å². The number of aliphatic hydroxyl groups excluding tert-OH is 1. The van der Waals surface area contributed by atoms with Gasteiger partial charge in [0.1, 0.15) is 5.75 Å². The van der Waals surface area contributed by atoms with Crippen LogP contribution < -0.4 is 18.9 Å². The first kappa shape index (κ1) is 30.4. The first-order chi connectivity index (χ1) is 19.1. The minimum Gasteiger partial charge on any atom is -0.496 e. The van der Waals surface area contributed by atoms with E-state index < -0.39 is 30.6 Å². The molecule has 0 radical (unpaired) electrons. The van der Waals surface area contributed by atoms with E-state index in [0.29, 0.717) is 36.2 Å². The average molecular weight is 559 g/mol. The zero-order valence-electron chi connectivity index (χ0n) is 22.9. The third kappa shape index (κ3) is 7.06. The second kappa shape index (κ2) is 13.7. The number of aliphatic carboxylic acids is 2. The van der Waals surface area contributed by atoms with Crippen molar-refractivity contribution in [2.75, 3.05) is 27.9 Å². The third-order valence-corrected chi connectivity index (χ3v) is 6.70. The minimum absolute atomic E-state index is 0.0885. The minimum atomic E-state index is -1.58. The maximum Gasteiger partial charge on any atom is 0.372 e. The largest absolute Gasteiger partial charge is 0.496 e. The molecule has 1 fully saturated rings. The van der Waals surface area contributed by atoms with Crippen molar-refractivity contribution in [1.82, 2.24) is 4.98 Å². The number of fused-ring (bicyclic) bond motifs is 3. The molecule has 1 aromatic carbocycles. The number of carboxylic acid groups (broad SMARTS) is 2. The van der Waals surface area contributed by atoms with Crippen LogP contribution in [0.3, 0.4) is 0 Å². The molecule has 1 aliphatic heterocycles. The second-order valence-corrected chi connectivity index (χ2v) is 9.19. The number of hydrogen-bond donors (Lipinski definition) is 3. The number of Topliss-reactive ketones (excluding diaryl/α,β-unsaturated/α-hetero) is 1. The standard InChI is InChI=1S/C23H28N2O5.C5H6O5/c1-5-30-21-9-14-15-8-13(26)6-7-18(15)25-23(16(14)10-20(21)28-3)17-12-24-22(29-4)11-19(17)27-2;6-3(5(9)10)1-2-4(7)8/h9-13,15,18,26H,5-8H2,1-4H3;1-2H2,(H,7,8)(H,9,10)/t13-,15-,18-;/m1./s1. The molecule has 216 valence electrons. The number of rotatable bonds is 10. The van der Waals surface area contributed by atoms with Gasteiger partial charge in [-0.2, -0.15) is 0 Å². The molecular formula is C28H34N2O10. The Morgan fingerprint density at radius 3 is 2.25 bits per heavy atom. The van der Waals surface area contributed by atoms with Gasteiger partial charge < -0.3 is 34.3 Å². The SMILES string of the molecule is CCOc1cc2c(cc1OC)C(c1cnc(OC)cc1OC)=N[C@@H]1CC[C@@H](O)C[C@H]21.O=C(O)CCC(=O)C(=O)O. The summed E-state index contributed by atoms with van der Waals surface area (Å²) in [6.45, 7) is 2.50. The van der Waals surface area contributed by atoms with E-state index in [1.165, 1.54) is 0 Å². The predicted molar refractivity (Wildman–Crippen MR) is 143 cm³/mol. The summed E-state index contributed by atoms with van der Waals surface area (Å²) in [7, 11) is 4.83. The molecule has 0 unspecified atom stereocenters. The Hall–Kier alpha value is -4.19. The summed E-state index contributed by atoms with van der Waals surface area (Å²) in [5.41, 5.74) is 3.69. The number of ether oxygens (including phenoxy) is 4. The molecule has 1 saturated carbocycles. The number of carbonyl (C=O) groups is 3. The van der Waals surface area contributed by atoms with Crippen LogP contribution in [0.1, 0.15) is 61.6 Å². The van der Waals surface area contributed by atoms with E-state index in [0.717, 1.165) is 35.2 Å². The van der Waals surface area contributed by atoms with Crippen molar-refractivity contribution in [3.8, 4) is 23.1 Å². The summed E-state index contributed by atoms with van der Waals surface area (Å²) in [5, 5.41) is 26.3. The van der Waals surface area contributed by atoms with Crippen LogP contribution in [0.4, 0.5) is 0 Å². The fourth-order valence-electron chi connectivity index (χ4n) is 4.79. The van der Waals surface area contributed by atoms with E-state index in [1.807, 2.05) is 19.1 Å². The van der Waals surface area contributed by atoms with Crippen LogP contribution >= 0.6 is 0 Å². The number of benzene rings is 1. The van der Waals surface area contributed by atoms with E-state index in [4.69, 9.17) is 34.2 Å². The van der Waals surface area contributed by atoms with Crippen LogP contribution in [0.5, 0.6) is 23.1 Å². The normalized spacial score (nSPS) is 19.0. The highest BCUT2D eigenvalue weighted by Crippen LogP contribution is 2.45. The molecule has 2 aromatic rings. The first-order valence-electron chi connectivity index (χ1n) is 12.8. The second-order valence-electron chi connectivity index (χ2n) is 9.19. The van der Waals surface area contributed by atoms with Gasteiger partial charge in [0.2, 0.25) is 11.7 Å². The van der Waals surface area contributed by atoms with Crippen molar-refractivity contribution in [3.05, 3.63) is 41.1 Å². The highest BCUT2D eigenvalue weighted by Gasteiger charge is 2.38. The summed E-state index contributed by atoms with van der Waals surface area (Å²) in [6, 6.07) is 5.87. The molecule has 0 bridgehead atoms. The van der Waals surface area contributed by atoms with Crippen LogP contribution in [0.2, 0.25) is 0 Å². The summed E-state index contributed by atoms with van der Waals surface area (Å²) in [4.78, 5) is 39.2. The molecule has 3 atom stereocenters. The van der Waals surface area contributed by atoms with Gasteiger partial charge >= 0.3 is 11.9 Å². The Labute approximate surface area is 231 Å². The number of hydrogen-bond acceptors (Lipinski definition) is 10. The van der Waals surface area contributed by atoms with E-state index in [9.17, 15) is 19.5 Å².